The van der Waals surface area contributed by atoms with Gasteiger partial charge in [0.2, 0.25) is 21.8 Å². The van der Waals surface area contributed by atoms with Gasteiger partial charge in [0, 0.05) is 25.1 Å². The lowest BCUT2D eigenvalue weighted by Crippen LogP contribution is -2.55. The molecule has 9 nitrogen and oxygen atoms in total. The van der Waals surface area contributed by atoms with Crippen molar-refractivity contribution in [1.29, 1.82) is 5.41 Å². The van der Waals surface area contributed by atoms with Crippen molar-refractivity contribution in [3.8, 4) is 0 Å². The SMILES string of the molecule is C[C@H](NS(=O)(=O)c1ccc2ccccc2c1)C(=O)N[C@@H](Cc1ccc(C(=N)N)cc1)C(=O)N1CCCCC1. The van der Waals surface area contributed by atoms with Gasteiger partial charge in [-0.2, -0.15) is 4.72 Å². The average Bonchev–Trinajstić information content (AvgIpc) is 2.92. The summed E-state index contributed by atoms with van der Waals surface area (Å²) in [6.07, 6.45) is 3.09. The summed E-state index contributed by atoms with van der Waals surface area (Å²) in [4.78, 5) is 28.3. The highest BCUT2D eigenvalue weighted by Gasteiger charge is 2.30. The lowest BCUT2D eigenvalue weighted by atomic mass is 10.0. The second-order valence-corrected chi connectivity index (χ2v) is 11.3. The second-order valence-electron chi connectivity index (χ2n) is 9.61. The minimum atomic E-state index is -3.98. The second kappa shape index (κ2) is 11.7. The summed E-state index contributed by atoms with van der Waals surface area (Å²) in [5.74, 6) is -0.846. The Morgan fingerprint density at radius 3 is 2.29 bits per heavy atom. The van der Waals surface area contributed by atoms with Crippen molar-refractivity contribution in [2.24, 2.45) is 5.73 Å². The van der Waals surface area contributed by atoms with Crippen LogP contribution in [0, 0.1) is 5.41 Å². The van der Waals surface area contributed by atoms with Gasteiger partial charge in [0.15, 0.2) is 0 Å². The standard InChI is InChI=1S/C28H33N5O4S/c1-19(32-38(36,37)24-14-13-21-7-3-4-8-23(21)18-24)27(34)31-25(28(35)33-15-5-2-6-16-33)17-20-9-11-22(12-10-20)26(29)30/h3-4,7-14,18-19,25,32H,2,5-6,15-17H2,1H3,(H3,29,30)(H,31,34)/t19-,25-/m0/s1. The molecular formula is C28H33N5O4S. The Kier molecular flexibility index (Phi) is 8.43. The Balaban J connectivity index is 1.49. The number of sulfonamides is 1. The number of likely N-dealkylation sites (tertiary alicyclic amines) is 1. The Hall–Kier alpha value is -3.76. The summed E-state index contributed by atoms with van der Waals surface area (Å²) in [6.45, 7) is 2.70. The number of piperidine rings is 1. The number of nitrogens with zero attached hydrogens (tertiary/aromatic N) is 1. The normalized spacial score (nSPS) is 15.6. The molecule has 5 N–H and O–H groups in total. The molecule has 4 rings (SSSR count). The maximum atomic E-state index is 13.4. The summed E-state index contributed by atoms with van der Waals surface area (Å²) in [7, 11) is -3.98. The summed E-state index contributed by atoms with van der Waals surface area (Å²) >= 11 is 0. The van der Waals surface area contributed by atoms with Gasteiger partial charge in [0.1, 0.15) is 11.9 Å². The van der Waals surface area contributed by atoms with Crippen molar-refractivity contribution in [3.63, 3.8) is 0 Å². The van der Waals surface area contributed by atoms with Gasteiger partial charge < -0.3 is 16.0 Å². The van der Waals surface area contributed by atoms with Crippen LogP contribution in [0.5, 0.6) is 0 Å². The van der Waals surface area contributed by atoms with Gasteiger partial charge in [-0.3, -0.25) is 15.0 Å². The predicted molar refractivity (Wildman–Crippen MR) is 147 cm³/mol. The average molecular weight is 536 g/mol. The van der Waals surface area contributed by atoms with E-state index in [1.165, 1.54) is 13.0 Å². The van der Waals surface area contributed by atoms with E-state index in [4.69, 9.17) is 11.1 Å². The van der Waals surface area contributed by atoms with Gasteiger partial charge in [-0.15, -0.1) is 0 Å². The van der Waals surface area contributed by atoms with E-state index in [0.717, 1.165) is 35.6 Å². The zero-order valence-electron chi connectivity index (χ0n) is 21.3. The number of rotatable bonds is 9. The summed E-state index contributed by atoms with van der Waals surface area (Å²) in [5.41, 5.74) is 6.89. The maximum absolute atomic E-state index is 13.4. The van der Waals surface area contributed by atoms with E-state index in [1.807, 2.05) is 24.3 Å². The highest BCUT2D eigenvalue weighted by atomic mass is 32.2. The summed E-state index contributed by atoms with van der Waals surface area (Å²) < 4.78 is 28.5. The van der Waals surface area contributed by atoms with E-state index in [9.17, 15) is 18.0 Å². The van der Waals surface area contributed by atoms with Gasteiger partial charge in [-0.05, 0) is 54.7 Å². The molecule has 1 aliphatic heterocycles. The number of fused-ring (bicyclic) bond motifs is 1. The number of hydrogen-bond donors (Lipinski definition) is 4. The molecule has 0 aliphatic carbocycles. The van der Waals surface area contributed by atoms with Gasteiger partial charge in [0.25, 0.3) is 0 Å². The molecule has 0 radical (unpaired) electrons. The van der Waals surface area contributed by atoms with E-state index in [-0.39, 0.29) is 23.1 Å². The zero-order chi connectivity index (χ0) is 27.3. The molecule has 10 heteroatoms. The molecule has 1 aliphatic rings. The van der Waals surface area contributed by atoms with Crippen molar-refractivity contribution in [3.05, 3.63) is 77.9 Å². The highest BCUT2D eigenvalue weighted by Crippen LogP contribution is 2.19. The fraction of sp³-hybridized carbons (Fsp3) is 0.321. The van der Waals surface area contributed by atoms with E-state index in [2.05, 4.69) is 10.0 Å². The Labute approximate surface area is 223 Å². The molecule has 38 heavy (non-hydrogen) atoms. The number of nitrogens with two attached hydrogens (primary N) is 1. The first kappa shape index (κ1) is 27.3. The monoisotopic (exact) mass is 535 g/mol. The largest absolute Gasteiger partial charge is 0.384 e. The van der Waals surface area contributed by atoms with Gasteiger partial charge in [0.05, 0.1) is 10.9 Å². The quantitative estimate of drug-likeness (QED) is 0.246. The minimum Gasteiger partial charge on any atom is -0.384 e. The molecule has 1 heterocycles. The molecular weight excluding hydrogens is 502 g/mol. The lowest BCUT2D eigenvalue weighted by molar-refractivity contribution is -0.137. The number of amides is 2. The Morgan fingerprint density at radius 2 is 1.63 bits per heavy atom. The molecule has 0 bridgehead atoms. The minimum absolute atomic E-state index is 0.0571. The zero-order valence-corrected chi connectivity index (χ0v) is 22.1. The molecule has 3 aromatic carbocycles. The van der Waals surface area contributed by atoms with E-state index in [1.54, 1.807) is 41.3 Å². The molecule has 3 aromatic rings. The topological polar surface area (TPSA) is 145 Å². The van der Waals surface area contributed by atoms with Crippen molar-refractivity contribution < 1.29 is 18.0 Å². The van der Waals surface area contributed by atoms with Crippen LogP contribution < -0.4 is 15.8 Å². The number of nitrogens with one attached hydrogen (secondary N) is 3. The van der Waals surface area contributed by atoms with Crippen LogP contribution in [0.1, 0.15) is 37.3 Å². The molecule has 2 amide bonds. The predicted octanol–water partition coefficient (Wildman–Crippen LogP) is 2.53. The first-order valence-corrected chi connectivity index (χ1v) is 14.2. The fourth-order valence-electron chi connectivity index (χ4n) is 4.58. The van der Waals surface area contributed by atoms with Crippen LogP contribution in [-0.4, -0.2) is 56.1 Å². The van der Waals surface area contributed by atoms with Crippen LogP contribution >= 0.6 is 0 Å². The number of carbonyl (C=O) groups excluding carboxylic acids is 2. The van der Waals surface area contributed by atoms with E-state index >= 15 is 0 Å². The van der Waals surface area contributed by atoms with Gasteiger partial charge in [-0.25, -0.2) is 8.42 Å². The van der Waals surface area contributed by atoms with Crippen LogP contribution in [-0.2, 0) is 26.0 Å². The first-order chi connectivity index (χ1) is 18.1. The van der Waals surface area contributed by atoms with Crippen molar-refractivity contribution in [2.75, 3.05) is 13.1 Å². The number of hydrogen-bond acceptors (Lipinski definition) is 5. The number of carbonyl (C=O) groups is 2. The van der Waals surface area contributed by atoms with E-state index < -0.39 is 28.0 Å². The molecule has 1 saturated heterocycles. The molecule has 0 saturated carbocycles. The lowest BCUT2D eigenvalue weighted by Gasteiger charge is -2.31. The Morgan fingerprint density at radius 1 is 0.974 bits per heavy atom. The van der Waals surface area contributed by atoms with Crippen LogP contribution in [0.3, 0.4) is 0 Å². The van der Waals surface area contributed by atoms with Gasteiger partial charge >= 0.3 is 0 Å². The summed E-state index contributed by atoms with van der Waals surface area (Å²) in [5, 5.41) is 12.0. The third kappa shape index (κ3) is 6.56. The maximum Gasteiger partial charge on any atom is 0.245 e. The third-order valence-electron chi connectivity index (χ3n) is 6.74. The van der Waals surface area contributed by atoms with Crippen molar-refractivity contribution in [1.82, 2.24) is 14.9 Å². The molecule has 0 unspecified atom stereocenters. The smallest absolute Gasteiger partial charge is 0.245 e. The molecule has 0 aromatic heterocycles. The van der Waals surface area contributed by atoms with Gasteiger partial charge in [-0.1, -0.05) is 54.6 Å². The third-order valence-corrected chi connectivity index (χ3v) is 8.28. The number of benzene rings is 3. The number of amidine groups is 1. The molecule has 1 fully saturated rings. The first-order valence-electron chi connectivity index (χ1n) is 12.7. The van der Waals surface area contributed by atoms with Crippen molar-refractivity contribution in [2.45, 2.75) is 49.6 Å². The van der Waals surface area contributed by atoms with E-state index in [0.29, 0.717) is 18.7 Å². The van der Waals surface area contributed by atoms with Crippen molar-refractivity contribution >= 4 is 38.4 Å². The Bertz CT molecular complexity index is 1430. The van der Waals surface area contributed by atoms with Crippen LogP contribution in [0.2, 0.25) is 0 Å². The van der Waals surface area contributed by atoms with Crippen LogP contribution in [0.25, 0.3) is 10.8 Å². The molecule has 2 atom stereocenters. The molecule has 0 spiro atoms. The van der Waals surface area contributed by atoms with Crippen LogP contribution in [0.15, 0.2) is 71.6 Å². The summed E-state index contributed by atoms with van der Waals surface area (Å²) in [6, 6.07) is 17.2. The fourth-order valence-corrected chi connectivity index (χ4v) is 5.81. The van der Waals surface area contributed by atoms with Crippen LogP contribution in [0.4, 0.5) is 0 Å². The number of nitrogen functional groups attached to an aromatic ring is 1. The molecule has 200 valence electrons. The highest BCUT2D eigenvalue weighted by molar-refractivity contribution is 7.89.